The highest BCUT2D eigenvalue weighted by Crippen LogP contribution is 2.64. The molecule has 1 spiro atoms. The number of fused-ring (bicyclic) bond motifs is 2. The van der Waals surface area contributed by atoms with Crippen LogP contribution in [-0.4, -0.2) is 24.8 Å². The van der Waals surface area contributed by atoms with Gasteiger partial charge in [0.1, 0.15) is 0 Å². The second-order valence-electron chi connectivity index (χ2n) is 5.68. The van der Waals surface area contributed by atoms with Gasteiger partial charge in [0.2, 0.25) is 0 Å². The number of allylic oxidation sites excluding steroid dienone is 2. The topological polar surface area (TPSA) is 35.5 Å². The lowest BCUT2D eigenvalue weighted by molar-refractivity contribution is -0.232. The standard InChI is InChI=1S/C13H18O3/c1-11-4-3-10(14)9-12(11,2)13(6-5-11)15-7-8-16-13/h3-4H,5-9H2,1-2H3/t11-,12+/m1/s1. The maximum atomic E-state index is 11.7. The average molecular weight is 222 g/mol. The first kappa shape index (κ1) is 10.5. The Morgan fingerprint density at radius 3 is 2.56 bits per heavy atom. The Balaban J connectivity index is 2.09. The summed E-state index contributed by atoms with van der Waals surface area (Å²) >= 11 is 0. The lowest BCUT2D eigenvalue weighted by atomic mass is 9.61. The van der Waals surface area contributed by atoms with Crippen LogP contribution in [0.25, 0.3) is 0 Å². The summed E-state index contributed by atoms with van der Waals surface area (Å²) in [7, 11) is 0. The Labute approximate surface area is 95.8 Å². The number of rotatable bonds is 0. The minimum Gasteiger partial charge on any atom is -0.347 e. The van der Waals surface area contributed by atoms with Gasteiger partial charge in [-0.1, -0.05) is 19.9 Å². The first-order valence-corrected chi connectivity index (χ1v) is 6.01. The van der Waals surface area contributed by atoms with E-state index in [2.05, 4.69) is 19.9 Å². The summed E-state index contributed by atoms with van der Waals surface area (Å²) in [6.07, 6.45) is 6.28. The zero-order valence-corrected chi connectivity index (χ0v) is 9.91. The number of hydrogen-bond acceptors (Lipinski definition) is 3. The molecule has 2 aliphatic carbocycles. The molecule has 0 amide bonds. The van der Waals surface area contributed by atoms with E-state index in [1.807, 2.05) is 0 Å². The molecule has 2 fully saturated rings. The van der Waals surface area contributed by atoms with E-state index in [0.29, 0.717) is 19.6 Å². The summed E-state index contributed by atoms with van der Waals surface area (Å²) in [6.45, 7) is 5.68. The predicted octanol–water partition coefficient (Wildman–Crippen LogP) is 2.06. The van der Waals surface area contributed by atoms with E-state index in [9.17, 15) is 4.79 Å². The molecule has 2 atom stereocenters. The molecular formula is C13H18O3. The molecule has 16 heavy (non-hydrogen) atoms. The maximum absolute atomic E-state index is 11.7. The first-order chi connectivity index (χ1) is 7.52. The summed E-state index contributed by atoms with van der Waals surface area (Å²) < 4.78 is 11.8. The van der Waals surface area contributed by atoms with Crippen LogP contribution in [0.5, 0.6) is 0 Å². The van der Waals surface area contributed by atoms with Gasteiger partial charge in [-0.2, -0.15) is 0 Å². The Morgan fingerprint density at radius 1 is 1.19 bits per heavy atom. The molecule has 0 radical (unpaired) electrons. The van der Waals surface area contributed by atoms with E-state index >= 15 is 0 Å². The molecule has 0 aromatic rings. The van der Waals surface area contributed by atoms with Crippen LogP contribution in [-0.2, 0) is 14.3 Å². The van der Waals surface area contributed by atoms with Crippen molar-refractivity contribution in [1.29, 1.82) is 0 Å². The highest BCUT2D eigenvalue weighted by molar-refractivity contribution is 5.91. The number of carbonyl (C=O) groups excluding carboxylic acids is 1. The molecular weight excluding hydrogens is 204 g/mol. The van der Waals surface area contributed by atoms with Crippen LogP contribution in [0.4, 0.5) is 0 Å². The van der Waals surface area contributed by atoms with Crippen molar-refractivity contribution in [1.82, 2.24) is 0 Å². The van der Waals surface area contributed by atoms with Crippen molar-refractivity contribution in [2.24, 2.45) is 10.8 Å². The van der Waals surface area contributed by atoms with Crippen molar-refractivity contribution in [3.05, 3.63) is 12.2 Å². The van der Waals surface area contributed by atoms with Gasteiger partial charge in [0.05, 0.1) is 13.2 Å². The van der Waals surface area contributed by atoms with E-state index in [1.165, 1.54) is 0 Å². The summed E-state index contributed by atoms with van der Waals surface area (Å²) in [5.41, 5.74) is -0.173. The van der Waals surface area contributed by atoms with Crippen LogP contribution in [0.15, 0.2) is 12.2 Å². The maximum Gasteiger partial charge on any atom is 0.175 e. The molecule has 0 unspecified atom stereocenters. The van der Waals surface area contributed by atoms with Crippen LogP contribution < -0.4 is 0 Å². The molecule has 3 nitrogen and oxygen atoms in total. The minimum atomic E-state index is -0.512. The van der Waals surface area contributed by atoms with Crippen molar-refractivity contribution in [3.63, 3.8) is 0 Å². The highest BCUT2D eigenvalue weighted by Gasteiger charge is 2.66. The van der Waals surface area contributed by atoms with Gasteiger partial charge < -0.3 is 9.47 Å². The first-order valence-electron chi connectivity index (χ1n) is 6.01. The minimum absolute atomic E-state index is 0.0330. The molecule has 0 bridgehead atoms. The Kier molecular flexibility index (Phi) is 1.94. The summed E-state index contributed by atoms with van der Waals surface area (Å²) in [4.78, 5) is 11.7. The fraction of sp³-hybridized carbons (Fsp3) is 0.769. The number of carbonyl (C=O) groups is 1. The van der Waals surface area contributed by atoms with E-state index < -0.39 is 5.79 Å². The van der Waals surface area contributed by atoms with Crippen LogP contribution in [0.1, 0.15) is 33.1 Å². The molecule has 0 aromatic carbocycles. The average Bonchev–Trinajstić information content (AvgIpc) is 2.78. The monoisotopic (exact) mass is 222 g/mol. The van der Waals surface area contributed by atoms with Crippen molar-refractivity contribution in [2.75, 3.05) is 13.2 Å². The molecule has 3 rings (SSSR count). The molecule has 88 valence electrons. The summed E-state index contributed by atoms with van der Waals surface area (Å²) in [5, 5.41) is 0. The highest BCUT2D eigenvalue weighted by atomic mass is 16.7. The van der Waals surface area contributed by atoms with Crippen LogP contribution in [0, 0.1) is 10.8 Å². The molecule has 3 aliphatic rings. The molecule has 1 heterocycles. The third kappa shape index (κ3) is 1.03. The molecule has 3 heteroatoms. The van der Waals surface area contributed by atoms with Crippen LogP contribution in [0.2, 0.25) is 0 Å². The zero-order chi connectivity index (χ0) is 11.4. The fourth-order valence-electron chi connectivity index (χ4n) is 3.62. The third-order valence-corrected chi connectivity index (χ3v) is 4.99. The SMILES string of the molecule is C[C@]12C=CC(=O)C[C@]1(C)C1(CC2)OCCO1. The summed E-state index contributed by atoms with van der Waals surface area (Å²) in [5.74, 6) is -0.317. The Bertz CT molecular complexity index is 367. The second kappa shape index (κ2) is 2.96. The smallest absolute Gasteiger partial charge is 0.175 e. The Hall–Kier alpha value is -0.670. The van der Waals surface area contributed by atoms with Gasteiger partial charge in [0.25, 0.3) is 0 Å². The number of ketones is 1. The lowest BCUT2D eigenvalue weighted by Gasteiger charge is -2.48. The van der Waals surface area contributed by atoms with Crippen LogP contribution >= 0.6 is 0 Å². The van der Waals surface area contributed by atoms with Crippen molar-refractivity contribution < 1.29 is 14.3 Å². The molecule has 1 aliphatic heterocycles. The van der Waals surface area contributed by atoms with E-state index in [0.717, 1.165) is 12.8 Å². The van der Waals surface area contributed by atoms with Gasteiger partial charge in [0, 0.05) is 18.3 Å². The quantitative estimate of drug-likeness (QED) is 0.629. The molecule has 0 aromatic heterocycles. The van der Waals surface area contributed by atoms with Crippen molar-refractivity contribution >= 4 is 5.78 Å². The molecule has 0 N–H and O–H groups in total. The Morgan fingerprint density at radius 2 is 1.88 bits per heavy atom. The van der Waals surface area contributed by atoms with Gasteiger partial charge in [0.15, 0.2) is 11.6 Å². The molecule has 1 saturated carbocycles. The third-order valence-electron chi connectivity index (χ3n) is 4.99. The summed E-state index contributed by atoms with van der Waals surface area (Å²) in [6, 6.07) is 0. The number of ether oxygens (including phenoxy) is 2. The van der Waals surface area contributed by atoms with E-state index in [1.54, 1.807) is 6.08 Å². The van der Waals surface area contributed by atoms with Crippen molar-refractivity contribution in [2.45, 2.75) is 38.9 Å². The largest absolute Gasteiger partial charge is 0.347 e. The predicted molar refractivity (Wildman–Crippen MR) is 58.8 cm³/mol. The lowest BCUT2D eigenvalue weighted by Crippen LogP contribution is -2.51. The number of hydrogen-bond donors (Lipinski definition) is 0. The van der Waals surface area contributed by atoms with E-state index in [-0.39, 0.29) is 16.6 Å². The van der Waals surface area contributed by atoms with Gasteiger partial charge in [-0.05, 0) is 17.9 Å². The van der Waals surface area contributed by atoms with Gasteiger partial charge in [-0.15, -0.1) is 0 Å². The van der Waals surface area contributed by atoms with Crippen molar-refractivity contribution in [3.8, 4) is 0 Å². The van der Waals surface area contributed by atoms with Gasteiger partial charge >= 0.3 is 0 Å². The zero-order valence-electron chi connectivity index (χ0n) is 9.91. The van der Waals surface area contributed by atoms with Gasteiger partial charge in [-0.25, -0.2) is 0 Å². The fourth-order valence-corrected chi connectivity index (χ4v) is 3.62. The van der Waals surface area contributed by atoms with Gasteiger partial charge in [-0.3, -0.25) is 4.79 Å². The molecule has 1 saturated heterocycles. The van der Waals surface area contributed by atoms with Crippen LogP contribution in [0.3, 0.4) is 0 Å². The van der Waals surface area contributed by atoms with E-state index in [4.69, 9.17) is 9.47 Å². The normalized spacial score (nSPS) is 45.2. The second-order valence-corrected chi connectivity index (χ2v) is 5.68.